The maximum atomic E-state index is 14.5. The predicted molar refractivity (Wildman–Crippen MR) is 139 cm³/mol. The Morgan fingerprint density at radius 2 is 1.77 bits per heavy atom. The molecular formula is C27H29FN4O2S. The van der Waals surface area contributed by atoms with Crippen LogP contribution in [0.25, 0.3) is 21.8 Å². The summed E-state index contributed by atoms with van der Waals surface area (Å²) in [6.45, 7) is 9.48. The summed E-state index contributed by atoms with van der Waals surface area (Å²) >= 11 is 1.63. The first kappa shape index (κ1) is 24.8. The molecule has 0 aliphatic carbocycles. The van der Waals surface area contributed by atoms with Crippen molar-refractivity contribution >= 4 is 23.0 Å². The number of aromatic nitrogens is 3. The summed E-state index contributed by atoms with van der Waals surface area (Å²) < 4.78 is 25.2. The van der Waals surface area contributed by atoms with Gasteiger partial charge in [0.2, 0.25) is 5.95 Å². The number of ether oxygens (including phenoxy) is 2. The molecule has 1 N–H and O–H groups in total. The van der Waals surface area contributed by atoms with E-state index in [0.29, 0.717) is 31.5 Å². The van der Waals surface area contributed by atoms with Crippen molar-refractivity contribution in [1.82, 2.24) is 15.0 Å². The normalized spacial score (nSPS) is 11.0. The van der Waals surface area contributed by atoms with Crippen molar-refractivity contribution < 1.29 is 13.9 Å². The average Bonchev–Trinajstić information content (AvgIpc) is 3.27. The summed E-state index contributed by atoms with van der Waals surface area (Å²) in [5.74, 6) is 0.0966. The lowest BCUT2D eigenvalue weighted by Gasteiger charge is -2.10. The molecule has 2 aromatic carbocycles. The first-order chi connectivity index (χ1) is 17.0. The molecule has 35 heavy (non-hydrogen) atoms. The van der Waals surface area contributed by atoms with Gasteiger partial charge in [-0.1, -0.05) is 24.1 Å². The fourth-order valence-corrected chi connectivity index (χ4v) is 4.72. The van der Waals surface area contributed by atoms with E-state index < -0.39 is 5.82 Å². The van der Waals surface area contributed by atoms with Gasteiger partial charge in [0.15, 0.2) is 11.6 Å². The first-order valence-electron chi connectivity index (χ1n) is 11.7. The minimum absolute atomic E-state index is 0.180. The van der Waals surface area contributed by atoms with Crippen LogP contribution < -0.4 is 10.1 Å². The zero-order valence-electron chi connectivity index (χ0n) is 20.4. The van der Waals surface area contributed by atoms with Crippen molar-refractivity contribution in [3.8, 4) is 27.6 Å². The quantitative estimate of drug-likeness (QED) is 0.247. The van der Waals surface area contributed by atoms with Gasteiger partial charge in [-0.05, 0) is 57.5 Å². The number of benzene rings is 2. The van der Waals surface area contributed by atoms with Gasteiger partial charge in [0.05, 0.1) is 27.9 Å². The van der Waals surface area contributed by atoms with E-state index in [2.05, 4.69) is 49.3 Å². The number of nitrogens with zero attached hydrogens (tertiary/aromatic N) is 3. The van der Waals surface area contributed by atoms with Crippen LogP contribution in [0.5, 0.6) is 5.75 Å². The van der Waals surface area contributed by atoms with Crippen molar-refractivity contribution in [3.63, 3.8) is 0 Å². The zero-order chi connectivity index (χ0) is 24.8. The topological polar surface area (TPSA) is 69.2 Å². The van der Waals surface area contributed by atoms with E-state index in [1.165, 1.54) is 17.2 Å². The molecule has 4 aromatic rings. The molecule has 0 amide bonds. The molecule has 0 aliphatic rings. The number of hydrogen-bond acceptors (Lipinski definition) is 7. The average molecular weight is 493 g/mol. The molecule has 8 heteroatoms. The molecule has 182 valence electrons. The zero-order valence-corrected chi connectivity index (χ0v) is 21.2. The summed E-state index contributed by atoms with van der Waals surface area (Å²) in [6, 6.07) is 13.0. The molecule has 0 aliphatic heterocycles. The van der Waals surface area contributed by atoms with E-state index in [-0.39, 0.29) is 5.75 Å². The molecule has 0 spiro atoms. The van der Waals surface area contributed by atoms with E-state index in [4.69, 9.17) is 19.4 Å². The number of rotatable bonds is 10. The highest BCUT2D eigenvalue weighted by molar-refractivity contribution is 7.15. The fourth-order valence-electron chi connectivity index (χ4n) is 3.72. The lowest BCUT2D eigenvalue weighted by atomic mass is 10.0. The second kappa shape index (κ2) is 11.4. The lowest BCUT2D eigenvalue weighted by Crippen LogP contribution is -2.07. The van der Waals surface area contributed by atoms with Crippen LogP contribution in [0.4, 0.5) is 16.0 Å². The van der Waals surface area contributed by atoms with Gasteiger partial charge in [-0.2, -0.15) is 0 Å². The second-order valence-electron chi connectivity index (χ2n) is 8.10. The molecule has 0 saturated carbocycles. The van der Waals surface area contributed by atoms with Crippen LogP contribution in [0.1, 0.15) is 30.0 Å². The Morgan fingerprint density at radius 1 is 0.971 bits per heavy atom. The fraction of sp³-hybridized carbons (Fsp3) is 0.296. The predicted octanol–water partition coefficient (Wildman–Crippen LogP) is 6.74. The second-order valence-corrected chi connectivity index (χ2v) is 9.18. The van der Waals surface area contributed by atoms with Gasteiger partial charge in [0.25, 0.3) is 0 Å². The third-order valence-corrected chi connectivity index (χ3v) is 6.46. The highest BCUT2D eigenvalue weighted by Gasteiger charge is 2.17. The van der Waals surface area contributed by atoms with Gasteiger partial charge in [-0.15, -0.1) is 11.3 Å². The summed E-state index contributed by atoms with van der Waals surface area (Å²) in [7, 11) is 0. The Balaban J connectivity index is 1.58. The van der Waals surface area contributed by atoms with Crippen LogP contribution in [0, 0.1) is 19.7 Å². The van der Waals surface area contributed by atoms with Gasteiger partial charge in [-0.3, -0.25) is 0 Å². The van der Waals surface area contributed by atoms with Gasteiger partial charge >= 0.3 is 0 Å². The number of nitrogens with one attached hydrogen (secondary N) is 1. The van der Waals surface area contributed by atoms with E-state index >= 15 is 0 Å². The smallest absolute Gasteiger partial charge is 0.227 e. The minimum atomic E-state index is -0.463. The molecule has 0 radical (unpaired) electrons. The van der Waals surface area contributed by atoms with Crippen molar-refractivity contribution in [2.24, 2.45) is 0 Å². The number of thiazole rings is 1. The van der Waals surface area contributed by atoms with Gasteiger partial charge < -0.3 is 14.8 Å². The Bertz CT molecular complexity index is 1290. The number of hydrogen-bond donors (Lipinski definition) is 1. The SMILES string of the molecule is CCOCCOc1ccc(Nc2nccc(-c3sc(CC)nc3-c3cc(C)cc(C)c3)n2)cc1F. The molecule has 0 bridgehead atoms. The lowest BCUT2D eigenvalue weighted by molar-refractivity contribution is 0.108. The third-order valence-electron chi connectivity index (χ3n) is 5.23. The van der Waals surface area contributed by atoms with Gasteiger partial charge in [-0.25, -0.2) is 19.3 Å². The highest BCUT2D eigenvalue weighted by Crippen LogP contribution is 2.37. The Hall–Kier alpha value is -3.36. The van der Waals surface area contributed by atoms with Crippen LogP contribution in [0.3, 0.4) is 0 Å². The Kier molecular flexibility index (Phi) is 8.05. The van der Waals surface area contributed by atoms with E-state index in [1.807, 2.05) is 13.0 Å². The van der Waals surface area contributed by atoms with Gasteiger partial charge in [0.1, 0.15) is 6.61 Å². The number of halogens is 1. The Labute approximate surface area is 209 Å². The summed E-state index contributed by atoms with van der Waals surface area (Å²) in [6.07, 6.45) is 2.54. The molecule has 6 nitrogen and oxygen atoms in total. The van der Waals surface area contributed by atoms with Crippen molar-refractivity contribution in [1.29, 1.82) is 0 Å². The molecule has 4 rings (SSSR count). The summed E-state index contributed by atoms with van der Waals surface area (Å²) in [5, 5.41) is 4.14. The van der Waals surface area contributed by atoms with Crippen LogP contribution >= 0.6 is 11.3 Å². The third kappa shape index (κ3) is 6.21. The highest BCUT2D eigenvalue weighted by atomic mass is 32.1. The largest absolute Gasteiger partial charge is 0.488 e. The van der Waals surface area contributed by atoms with E-state index in [9.17, 15) is 4.39 Å². The van der Waals surface area contributed by atoms with Crippen LogP contribution in [0.2, 0.25) is 0 Å². The molecular weight excluding hydrogens is 463 g/mol. The molecule has 2 heterocycles. The molecule has 0 atom stereocenters. The van der Waals surface area contributed by atoms with E-state index in [0.717, 1.165) is 33.3 Å². The molecule has 0 fully saturated rings. The molecule has 0 saturated heterocycles. The Morgan fingerprint density at radius 3 is 2.49 bits per heavy atom. The minimum Gasteiger partial charge on any atom is -0.488 e. The number of aryl methyl sites for hydroxylation is 3. The first-order valence-corrected chi connectivity index (χ1v) is 12.5. The van der Waals surface area contributed by atoms with Crippen molar-refractivity contribution in [2.45, 2.75) is 34.1 Å². The van der Waals surface area contributed by atoms with Crippen molar-refractivity contribution in [2.75, 3.05) is 25.1 Å². The van der Waals surface area contributed by atoms with Crippen LogP contribution in [-0.2, 0) is 11.2 Å². The number of anilines is 2. The summed E-state index contributed by atoms with van der Waals surface area (Å²) in [5.41, 5.74) is 5.67. The summed E-state index contributed by atoms with van der Waals surface area (Å²) in [4.78, 5) is 14.9. The van der Waals surface area contributed by atoms with Gasteiger partial charge in [0, 0.05) is 30.1 Å². The standard InChI is InChI=1S/C27H29FN4O2S/c1-5-24-32-25(19-14-17(3)13-18(4)15-19)26(35-24)22-9-10-29-27(31-22)30-20-7-8-23(21(28)16-20)34-12-11-33-6-2/h7-10,13-16H,5-6,11-12H2,1-4H3,(H,29,30,31). The maximum absolute atomic E-state index is 14.5. The molecule has 0 unspecified atom stereocenters. The van der Waals surface area contributed by atoms with Crippen molar-refractivity contribution in [3.05, 3.63) is 70.6 Å². The molecule has 2 aromatic heterocycles. The van der Waals surface area contributed by atoms with E-state index in [1.54, 1.807) is 29.7 Å². The van der Waals surface area contributed by atoms with Crippen LogP contribution in [-0.4, -0.2) is 34.8 Å². The monoisotopic (exact) mass is 492 g/mol. The van der Waals surface area contributed by atoms with Crippen LogP contribution in [0.15, 0.2) is 48.7 Å². The maximum Gasteiger partial charge on any atom is 0.227 e.